The number of para-hydroxylation sites is 1. The fourth-order valence-corrected chi connectivity index (χ4v) is 4.23. The van der Waals surface area contributed by atoms with Crippen molar-refractivity contribution in [1.82, 2.24) is 0 Å². The van der Waals surface area contributed by atoms with Crippen LogP contribution in [0.4, 0.5) is 11.4 Å². The number of carboxylic acid groups (broad SMARTS) is 1. The van der Waals surface area contributed by atoms with Crippen LogP contribution >= 0.6 is 0 Å². The van der Waals surface area contributed by atoms with E-state index in [2.05, 4.69) is 32.9 Å². The number of carboxylic acids is 1. The molecular weight excluding hydrogens is 420 g/mol. The fourth-order valence-electron chi connectivity index (χ4n) is 4.23. The highest BCUT2D eigenvalue weighted by atomic mass is 16.7. The Morgan fingerprint density at radius 2 is 1.73 bits per heavy atom. The summed E-state index contributed by atoms with van der Waals surface area (Å²) in [4.78, 5) is 31.4. The summed E-state index contributed by atoms with van der Waals surface area (Å²) < 4.78 is 0. The van der Waals surface area contributed by atoms with Crippen molar-refractivity contribution < 1.29 is 24.6 Å². The summed E-state index contributed by atoms with van der Waals surface area (Å²) in [6.45, 7) is 10.5. The zero-order valence-electron chi connectivity index (χ0n) is 19.8. The van der Waals surface area contributed by atoms with E-state index in [0.29, 0.717) is 12.1 Å². The third-order valence-electron chi connectivity index (χ3n) is 6.39. The van der Waals surface area contributed by atoms with Crippen molar-refractivity contribution in [3.8, 4) is 0 Å². The zero-order valence-corrected chi connectivity index (χ0v) is 19.8. The molecule has 1 aliphatic carbocycles. The molecule has 0 fully saturated rings. The Morgan fingerprint density at radius 3 is 2.36 bits per heavy atom. The van der Waals surface area contributed by atoms with E-state index in [0.717, 1.165) is 24.6 Å². The van der Waals surface area contributed by atoms with Gasteiger partial charge in [-0.1, -0.05) is 58.0 Å². The molecule has 2 N–H and O–H groups in total. The second-order valence-corrected chi connectivity index (χ2v) is 9.70. The van der Waals surface area contributed by atoms with Crippen LogP contribution < -0.4 is 4.90 Å². The summed E-state index contributed by atoms with van der Waals surface area (Å²) in [6.07, 6.45) is 2.19. The van der Waals surface area contributed by atoms with Crippen molar-refractivity contribution in [1.29, 1.82) is 0 Å². The first-order chi connectivity index (χ1) is 15.5. The van der Waals surface area contributed by atoms with Crippen molar-refractivity contribution in [2.75, 3.05) is 4.90 Å². The highest BCUT2D eigenvalue weighted by molar-refractivity contribution is 6.35. The van der Waals surface area contributed by atoms with E-state index in [-0.39, 0.29) is 22.1 Å². The van der Waals surface area contributed by atoms with E-state index < -0.39 is 18.2 Å². The lowest BCUT2D eigenvalue weighted by Gasteiger charge is -2.42. The predicted molar refractivity (Wildman–Crippen MR) is 128 cm³/mol. The van der Waals surface area contributed by atoms with E-state index in [1.54, 1.807) is 25.1 Å². The molecule has 0 saturated carbocycles. The summed E-state index contributed by atoms with van der Waals surface area (Å²) in [5.41, 5.74) is 3.03. The van der Waals surface area contributed by atoms with Crippen LogP contribution in [0, 0.1) is 0 Å². The van der Waals surface area contributed by atoms with Gasteiger partial charge in [-0.2, -0.15) is 0 Å². The molecule has 1 amide bonds. The summed E-state index contributed by atoms with van der Waals surface area (Å²) in [7, 11) is 0. The van der Waals surface area contributed by atoms with Crippen LogP contribution in [0.3, 0.4) is 0 Å². The summed E-state index contributed by atoms with van der Waals surface area (Å²) in [6, 6.07) is 12.2. The van der Waals surface area contributed by atoms with Crippen LogP contribution in [0.15, 0.2) is 47.6 Å². The average Bonchev–Trinajstić information content (AvgIpc) is 2.77. The molecule has 2 aromatic rings. The summed E-state index contributed by atoms with van der Waals surface area (Å²) in [5, 5.41) is 22.9. The Bertz CT molecular complexity index is 1070. The zero-order chi connectivity index (χ0) is 24.4. The molecule has 0 heterocycles. The largest absolute Gasteiger partial charge is 0.478 e. The number of aromatic carboxylic acids is 1. The third-order valence-corrected chi connectivity index (χ3v) is 6.39. The molecule has 7 nitrogen and oxygen atoms in total. The van der Waals surface area contributed by atoms with Crippen LogP contribution in [-0.4, -0.2) is 34.6 Å². The first-order valence-corrected chi connectivity index (χ1v) is 11.2. The number of aliphatic hydroxyl groups is 1. The van der Waals surface area contributed by atoms with Crippen LogP contribution in [0.5, 0.6) is 0 Å². The maximum Gasteiger partial charge on any atom is 0.337 e. The van der Waals surface area contributed by atoms with E-state index >= 15 is 0 Å². The highest BCUT2D eigenvalue weighted by Gasteiger charge is 2.37. The second kappa shape index (κ2) is 9.35. The molecule has 3 rings (SSSR count). The number of rotatable bonds is 7. The lowest BCUT2D eigenvalue weighted by atomic mass is 9.63. The quantitative estimate of drug-likeness (QED) is 0.345. The minimum absolute atomic E-state index is 0.00276. The van der Waals surface area contributed by atoms with Crippen LogP contribution in [0.25, 0.3) is 0 Å². The van der Waals surface area contributed by atoms with Crippen molar-refractivity contribution >= 4 is 29.5 Å². The van der Waals surface area contributed by atoms with Crippen molar-refractivity contribution in [2.24, 2.45) is 5.16 Å². The average molecular weight is 453 g/mol. The van der Waals surface area contributed by atoms with Gasteiger partial charge in [0.2, 0.25) is 6.29 Å². The van der Waals surface area contributed by atoms with Gasteiger partial charge in [0.05, 0.1) is 11.3 Å². The van der Waals surface area contributed by atoms with Crippen LogP contribution in [0.2, 0.25) is 0 Å². The van der Waals surface area contributed by atoms with Gasteiger partial charge in [0.1, 0.15) is 6.21 Å². The molecule has 33 heavy (non-hydrogen) atoms. The number of fused-ring (bicyclic) bond motifs is 1. The SMILES string of the molecule is CCC(O)ON=CC(=O)N(c1ccc2c(c1)C(C)(C)CCC2(C)C)c1ccccc1C(=O)O. The minimum atomic E-state index is -1.14. The first-order valence-electron chi connectivity index (χ1n) is 11.2. The van der Waals surface area contributed by atoms with Crippen LogP contribution in [0.1, 0.15) is 75.4 Å². The fraction of sp³-hybridized carbons (Fsp3) is 0.423. The Balaban J connectivity index is 2.15. The number of aliphatic hydroxyl groups excluding tert-OH is 1. The molecule has 1 aliphatic rings. The number of amides is 1. The van der Waals surface area contributed by atoms with E-state index in [1.807, 2.05) is 18.2 Å². The van der Waals surface area contributed by atoms with Gasteiger partial charge in [-0.05, 0) is 59.1 Å². The highest BCUT2D eigenvalue weighted by Crippen LogP contribution is 2.47. The Kier molecular flexibility index (Phi) is 6.93. The molecule has 1 unspecified atom stereocenters. The lowest BCUT2D eigenvalue weighted by Crippen LogP contribution is -2.35. The smallest absolute Gasteiger partial charge is 0.337 e. The molecule has 0 spiro atoms. The number of carbonyl (C=O) groups excluding carboxylic acids is 1. The molecule has 0 bridgehead atoms. The number of oxime groups is 1. The number of hydrogen-bond acceptors (Lipinski definition) is 5. The van der Waals surface area contributed by atoms with E-state index in [9.17, 15) is 19.8 Å². The molecule has 176 valence electrons. The van der Waals surface area contributed by atoms with Crippen molar-refractivity contribution in [3.05, 3.63) is 59.2 Å². The van der Waals surface area contributed by atoms with E-state index in [4.69, 9.17) is 4.84 Å². The van der Waals surface area contributed by atoms with Gasteiger partial charge in [0.25, 0.3) is 5.91 Å². The van der Waals surface area contributed by atoms with Gasteiger partial charge in [-0.15, -0.1) is 0 Å². The van der Waals surface area contributed by atoms with Crippen molar-refractivity contribution in [3.63, 3.8) is 0 Å². The van der Waals surface area contributed by atoms with Gasteiger partial charge in [0.15, 0.2) is 0 Å². The Labute approximate surface area is 194 Å². The van der Waals surface area contributed by atoms with E-state index in [1.165, 1.54) is 16.5 Å². The maximum atomic E-state index is 13.3. The standard InChI is InChI=1S/C26H32N2O5/c1-6-23(30)33-27-16-22(29)28(21-10-8-7-9-18(21)24(31)32)17-11-12-19-20(15-17)26(4,5)14-13-25(19,2)3/h7-12,15-16,23,30H,6,13-14H2,1-5H3,(H,31,32). The molecule has 2 aromatic carbocycles. The topological polar surface area (TPSA) is 99.4 Å². The van der Waals surface area contributed by atoms with Gasteiger partial charge < -0.3 is 15.1 Å². The number of nitrogens with zero attached hydrogens (tertiary/aromatic N) is 2. The molecule has 1 atom stereocenters. The molecule has 0 aromatic heterocycles. The summed E-state index contributed by atoms with van der Waals surface area (Å²) in [5.74, 6) is -1.72. The van der Waals surface area contributed by atoms with Gasteiger partial charge in [-0.25, -0.2) is 4.79 Å². The normalized spacial score (nSPS) is 17.3. The summed E-state index contributed by atoms with van der Waals surface area (Å²) >= 11 is 0. The number of anilines is 2. The van der Waals surface area contributed by atoms with Gasteiger partial charge in [-0.3, -0.25) is 9.69 Å². The minimum Gasteiger partial charge on any atom is -0.478 e. The monoisotopic (exact) mass is 452 g/mol. The number of benzene rings is 2. The molecule has 7 heteroatoms. The van der Waals surface area contributed by atoms with Crippen LogP contribution in [-0.2, 0) is 20.5 Å². The second-order valence-electron chi connectivity index (χ2n) is 9.70. The maximum absolute atomic E-state index is 13.3. The lowest BCUT2D eigenvalue weighted by molar-refractivity contribution is -0.113. The Hall–Kier alpha value is -3.19. The van der Waals surface area contributed by atoms with Crippen molar-refractivity contribution in [2.45, 2.75) is 71.0 Å². The molecule has 0 aliphatic heterocycles. The Morgan fingerprint density at radius 1 is 1.09 bits per heavy atom. The molecule has 0 saturated heterocycles. The number of carbonyl (C=O) groups is 2. The predicted octanol–water partition coefficient (Wildman–Crippen LogP) is 5.13. The van der Waals surface area contributed by atoms with Gasteiger partial charge in [0, 0.05) is 12.1 Å². The van der Waals surface area contributed by atoms with Gasteiger partial charge >= 0.3 is 5.97 Å². The number of hydrogen-bond donors (Lipinski definition) is 2. The first kappa shape index (κ1) is 24.5. The third kappa shape index (κ3) is 5.09. The molecule has 0 radical (unpaired) electrons. The molecular formula is C26H32N2O5.